The van der Waals surface area contributed by atoms with Crippen molar-refractivity contribution in [1.82, 2.24) is 20.0 Å². The van der Waals surface area contributed by atoms with E-state index < -0.39 is 9.84 Å². The van der Waals surface area contributed by atoms with E-state index in [0.717, 1.165) is 31.9 Å². The van der Waals surface area contributed by atoms with Gasteiger partial charge in [0.05, 0.1) is 17.7 Å². The van der Waals surface area contributed by atoms with E-state index in [1.165, 1.54) is 5.56 Å². The third-order valence-electron chi connectivity index (χ3n) is 4.93. The Morgan fingerprint density at radius 2 is 2.24 bits per heavy atom. The van der Waals surface area contributed by atoms with Crippen LogP contribution in [-0.4, -0.2) is 66.2 Å². The Labute approximate surface area is 150 Å². The minimum absolute atomic E-state index is 0.158. The van der Waals surface area contributed by atoms with Crippen LogP contribution in [-0.2, 0) is 16.9 Å². The molecule has 2 aliphatic heterocycles. The molecule has 1 aromatic rings. The quantitative estimate of drug-likeness (QED) is 0.634. The third kappa shape index (κ3) is 4.74. The second kappa shape index (κ2) is 7.35. The van der Waals surface area contributed by atoms with Gasteiger partial charge in [-0.15, -0.1) is 0 Å². The Morgan fingerprint density at radius 3 is 2.84 bits per heavy atom. The molecule has 2 unspecified atom stereocenters. The molecule has 0 radical (unpaired) electrons. The van der Waals surface area contributed by atoms with Gasteiger partial charge in [-0.1, -0.05) is 0 Å². The van der Waals surface area contributed by atoms with Gasteiger partial charge in [-0.3, -0.25) is 9.67 Å². The van der Waals surface area contributed by atoms with E-state index in [-0.39, 0.29) is 11.7 Å². The molecule has 2 fully saturated rings. The van der Waals surface area contributed by atoms with Gasteiger partial charge in [0.15, 0.2) is 15.8 Å². The number of hydrogen-bond donors (Lipinski definition) is 1. The maximum absolute atomic E-state index is 11.6. The van der Waals surface area contributed by atoms with Crippen LogP contribution in [0.5, 0.6) is 0 Å². The van der Waals surface area contributed by atoms with Gasteiger partial charge in [0.25, 0.3) is 0 Å². The first-order chi connectivity index (χ1) is 11.8. The number of likely N-dealkylation sites (tertiary alicyclic amines) is 1. The van der Waals surface area contributed by atoms with Crippen molar-refractivity contribution in [2.75, 3.05) is 31.1 Å². The first-order valence-corrected chi connectivity index (χ1v) is 10.9. The number of aromatic nitrogens is 2. The van der Waals surface area contributed by atoms with Crippen LogP contribution in [0.2, 0.25) is 0 Å². The van der Waals surface area contributed by atoms with Gasteiger partial charge in [0.2, 0.25) is 0 Å². The van der Waals surface area contributed by atoms with E-state index in [1.54, 1.807) is 0 Å². The maximum atomic E-state index is 11.6. The molecule has 140 valence electrons. The average Bonchev–Trinajstić information content (AvgIpc) is 3.23. The van der Waals surface area contributed by atoms with Crippen LogP contribution in [0.25, 0.3) is 0 Å². The fourth-order valence-electron chi connectivity index (χ4n) is 3.60. The molecule has 0 aromatic carbocycles. The van der Waals surface area contributed by atoms with Gasteiger partial charge in [-0.25, -0.2) is 8.42 Å². The number of rotatable bonds is 4. The molecule has 1 N–H and O–H groups in total. The minimum atomic E-state index is -2.84. The van der Waals surface area contributed by atoms with Crippen LogP contribution < -0.4 is 5.32 Å². The van der Waals surface area contributed by atoms with Crippen LogP contribution >= 0.6 is 0 Å². The predicted molar refractivity (Wildman–Crippen MR) is 99.5 cm³/mol. The van der Waals surface area contributed by atoms with Crippen molar-refractivity contribution >= 4 is 15.8 Å². The SMILES string of the molecule is CC(C)NC(=NCC1CCS(=O)(=O)C1)N1CCC(c2cnn(C)c2)C1. The zero-order valence-electron chi connectivity index (χ0n) is 15.4. The summed E-state index contributed by atoms with van der Waals surface area (Å²) in [5.74, 6) is 2.13. The first-order valence-electron chi connectivity index (χ1n) is 9.07. The molecule has 0 amide bonds. The normalized spacial score (nSPS) is 26.6. The Balaban J connectivity index is 1.65. The van der Waals surface area contributed by atoms with Crippen molar-refractivity contribution in [3.05, 3.63) is 18.0 Å². The Morgan fingerprint density at radius 1 is 1.44 bits per heavy atom. The highest BCUT2D eigenvalue weighted by molar-refractivity contribution is 7.91. The molecule has 8 heteroatoms. The highest BCUT2D eigenvalue weighted by atomic mass is 32.2. The summed E-state index contributed by atoms with van der Waals surface area (Å²) in [5.41, 5.74) is 1.27. The van der Waals surface area contributed by atoms with Gasteiger partial charge in [0, 0.05) is 44.8 Å². The van der Waals surface area contributed by atoms with E-state index in [1.807, 2.05) is 17.9 Å². The zero-order valence-corrected chi connectivity index (χ0v) is 16.2. The van der Waals surface area contributed by atoms with Gasteiger partial charge in [-0.05, 0) is 38.2 Å². The second-order valence-electron chi connectivity index (χ2n) is 7.61. The van der Waals surface area contributed by atoms with E-state index in [2.05, 4.69) is 35.4 Å². The lowest BCUT2D eigenvalue weighted by Gasteiger charge is -2.24. The molecule has 0 aliphatic carbocycles. The zero-order chi connectivity index (χ0) is 18.0. The molecular weight excluding hydrogens is 338 g/mol. The lowest BCUT2D eigenvalue weighted by molar-refractivity contribution is 0.470. The van der Waals surface area contributed by atoms with Crippen molar-refractivity contribution in [2.45, 2.75) is 38.6 Å². The average molecular weight is 368 g/mol. The summed E-state index contributed by atoms with van der Waals surface area (Å²) in [5, 5.41) is 7.73. The van der Waals surface area contributed by atoms with Crippen molar-refractivity contribution in [3.63, 3.8) is 0 Å². The number of nitrogens with one attached hydrogen (secondary N) is 1. The monoisotopic (exact) mass is 367 g/mol. The minimum Gasteiger partial charge on any atom is -0.354 e. The molecule has 3 heterocycles. The summed E-state index contributed by atoms with van der Waals surface area (Å²) in [7, 11) is -0.897. The van der Waals surface area contributed by atoms with Crippen LogP contribution in [0, 0.1) is 5.92 Å². The van der Waals surface area contributed by atoms with E-state index in [0.29, 0.717) is 24.3 Å². The molecule has 2 aliphatic rings. The van der Waals surface area contributed by atoms with E-state index in [9.17, 15) is 8.42 Å². The highest BCUT2D eigenvalue weighted by Gasteiger charge is 2.30. The number of guanidine groups is 1. The first kappa shape index (κ1) is 18.2. The van der Waals surface area contributed by atoms with Crippen LogP contribution in [0.1, 0.15) is 38.2 Å². The van der Waals surface area contributed by atoms with Gasteiger partial charge < -0.3 is 10.2 Å². The second-order valence-corrected chi connectivity index (χ2v) is 9.84. The van der Waals surface area contributed by atoms with E-state index in [4.69, 9.17) is 4.99 Å². The Hall–Kier alpha value is -1.57. The van der Waals surface area contributed by atoms with Gasteiger partial charge >= 0.3 is 0 Å². The van der Waals surface area contributed by atoms with Crippen LogP contribution in [0.3, 0.4) is 0 Å². The summed E-state index contributed by atoms with van der Waals surface area (Å²) in [6, 6.07) is 0.295. The molecule has 2 atom stereocenters. The number of sulfone groups is 1. The summed E-state index contributed by atoms with van der Waals surface area (Å²) >= 11 is 0. The fraction of sp³-hybridized carbons (Fsp3) is 0.765. The molecular formula is C17H29N5O2S. The number of aliphatic imine (C=N–C) groups is 1. The molecule has 7 nitrogen and oxygen atoms in total. The molecule has 0 spiro atoms. The molecule has 2 saturated heterocycles. The van der Waals surface area contributed by atoms with Crippen LogP contribution in [0.15, 0.2) is 17.4 Å². The van der Waals surface area contributed by atoms with Crippen molar-refractivity contribution < 1.29 is 8.42 Å². The molecule has 25 heavy (non-hydrogen) atoms. The summed E-state index contributed by atoms with van der Waals surface area (Å²) in [6.07, 6.45) is 5.86. The van der Waals surface area contributed by atoms with Crippen LogP contribution in [0.4, 0.5) is 0 Å². The Bertz CT molecular complexity index is 725. The van der Waals surface area contributed by atoms with Crippen molar-refractivity contribution in [3.8, 4) is 0 Å². The Kier molecular flexibility index (Phi) is 5.36. The largest absolute Gasteiger partial charge is 0.354 e. The number of nitrogens with zero attached hydrogens (tertiary/aromatic N) is 4. The molecule has 0 saturated carbocycles. The predicted octanol–water partition coefficient (Wildman–Crippen LogP) is 0.998. The fourth-order valence-corrected chi connectivity index (χ4v) is 5.45. The summed E-state index contributed by atoms with van der Waals surface area (Å²) in [6.45, 7) is 6.67. The maximum Gasteiger partial charge on any atom is 0.194 e. The highest BCUT2D eigenvalue weighted by Crippen LogP contribution is 2.27. The van der Waals surface area contributed by atoms with Crippen molar-refractivity contribution in [2.24, 2.45) is 18.0 Å². The standard InChI is InChI=1S/C17H29N5O2S/c1-13(2)20-17(18-8-14-5-7-25(23,24)12-14)22-6-4-15(11-22)16-9-19-21(3)10-16/h9-10,13-15H,4-8,11-12H2,1-3H3,(H,18,20). The van der Waals surface area contributed by atoms with Gasteiger partial charge in [-0.2, -0.15) is 5.10 Å². The smallest absolute Gasteiger partial charge is 0.194 e. The lowest BCUT2D eigenvalue weighted by atomic mass is 10.0. The van der Waals surface area contributed by atoms with Crippen molar-refractivity contribution in [1.29, 1.82) is 0 Å². The lowest BCUT2D eigenvalue weighted by Crippen LogP contribution is -2.43. The number of hydrogen-bond acceptors (Lipinski definition) is 4. The third-order valence-corrected chi connectivity index (χ3v) is 6.76. The summed E-state index contributed by atoms with van der Waals surface area (Å²) in [4.78, 5) is 7.07. The van der Waals surface area contributed by atoms with Gasteiger partial charge in [0.1, 0.15) is 0 Å². The number of aryl methyl sites for hydroxylation is 1. The summed E-state index contributed by atoms with van der Waals surface area (Å²) < 4.78 is 25.1. The van der Waals surface area contributed by atoms with E-state index >= 15 is 0 Å². The molecule has 0 bridgehead atoms. The molecule has 3 rings (SSSR count). The molecule has 1 aromatic heterocycles. The topological polar surface area (TPSA) is 79.6 Å².